The topological polar surface area (TPSA) is 54.5 Å². The molecule has 1 amide bonds. The number of sulfone groups is 1. The lowest BCUT2D eigenvalue weighted by atomic mass is 10.1. The van der Waals surface area contributed by atoms with Crippen LogP contribution in [0.25, 0.3) is 0 Å². The average Bonchev–Trinajstić information content (AvgIpc) is 2.39. The van der Waals surface area contributed by atoms with Gasteiger partial charge in [-0.1, -0.05) is 0 Å². The highest BCUT2D eigenvalue weighted by Gasteiger charge is 2.22. The molecule has 0 aromatic heterocycles. The van der Waals surface area contributed by atoms with Crippen LogP contribution >= 0.6 is 0 Å². The van der Waals surface area contributed by atoms with E-state index < -0.39 is 15.1 Å². The molecule has 1 saturated heterocycles. The van der Waals surface area contributed by atoms with Gasteiger partial charge in [0.1, 0.15) is 0 Å². The van der Waals surface area contributed by atoms with Crippen LogP contribution in [0.2, 0.25) is 0 Å². The second kappa shape index (κ2) is 5.33. The number of hydrogen-bond donors (Lipinski definition) is 0. The predicted octanol–water partition coefficient (Wildman–Crippen LogP) is 2.39. The number of nitrogens with zero attached hydrogens (tertiary/aromatic N) is 1. The van der Waals surface area contributed by atoms with Crippen molar-refractivity contribution in [3.8, 4) is 0 Å². The van der Waals surface area contributed by atoms with Gasteiger partial charge in [-0.3, -0.25) is 4.79 Å². The van der Waals surface area contributed by atoms with Crippen molar-refractivity contribution in [2.45, 2.75) is 43.3 Å². The Labute approximate surface area is 114 Å². The summed E-state index contributed by atoms with van der Waals surface area (Å²) in [6.45, 7) is 4.05. The van der Waals surface area contributed by atoms with Gasteiger partial charge in [0.25, 0.3) is 0 Å². The van der Waals surface area contributed by atoms with Gasteiger partial charge in [-0.05, 0) is 51.0 Å². The zero-order valence-corrected chi connectivity index (χ0v) is 12.1. The Kier molecular flexibility index (Phi) is 3.94. The summed E-state index contributed by atoms with van der Waals surface area (Å²) < 4.78 is 24.0. The number of anilines is 1. The Bertz CT molecular complexity index is 561. The van der Waals surface area contributed by atoms with Crippen molar-refractivity contribution in [3.05, 3.63) is 24.3 Å². The van der Waals surface area contributed by atoms with Crippen molar-refractivity contribution < 1.29 is 13.2 Å². The summed E-state index contributed by atoms with van der Waals surface area (Å²) in [5.41, 5.74) is 0.785. The molecule has 1 aromatic carbocycles. The minimum atomic E-state index is -3.24. The molecular formula is C14H19NO3S. The van der Waals surface area contributed by atoms with Gasteiger partial charge in [-0.15, -0.1) is 0 Å². The number of piperidine rings is 1. The Morgan fingerprint density at radius 3 is 2.26 bits per heavy atom. The maximum Gasteiger partial charge on any atom is 0.226 e. The molecule has 1 aliphatic rings. The zero-order valence-electron chi connectivity index (χ0n) is 11.3. The first-order chi connectivity index (χ1) is 8.93. The molecule has 0 aliphatic carbocycles. The fourth-order valence-corrected chi connectivity index (χ4v) is 3.23. The molecule has 1 fully saturated rings. The normalized spacial score (nSPS) is 17.0. The van der Waals surface area contributed by atoms with E-state index in [9.17, 15) is 13.2 Å². The third-order valence-electron chi connectivity index (χ3n) is 3.42. The summed E-state index contributed by atoms with van der Waals surface area (Å²) >= 11 is 0. The smallest absolute Gasteiger partial charge is 0.226 e. The van der Waals surface area contributed by atoms with E-state index in [4.69, 9.17) is 0 Å². The third-order valence-corrected chi connectivity index (χ3v) is 5.59. The van der Waals surface area contributed by atoms with Gasteiger partial charge in [-0.25, -0.2) is 8.42 Å². The Morgan fingerprint density at radius 2 is 1.74 bits per heavy atom. The van der Waals surface area contributed by atoms with Crippen molar-refractivity contribution in [1.29, 1.82) is 0 Å². The summed E-state index contributed by atoms with van der Waals surface area (Å²) in [6, 6.07) is 6.62. The third kappa shape index (κ3) is 2.81. The number of carbonyl (C=O) groups is 1. The van der Waals surface area contributed by atoms with Crippen LogP contribution in [-0.2, 0) is 14.6 Å². The molecule has 1 heterocycles. The number of amides is 1. The van der Waals surface area contributed by atoms with Gasteiger partial charge >= 0.3 is 0 Å². The Hall–Kier alpha value is -1.36. The molecule has 1 aliphatic heterocycles. The quantitative estimate of drug-likeness (QED) is 0.854. The second-order valence-electron chi connectivity index (χ2n) is 5.09. The van der Waals surface area contributed by atoms with Crippen LogP contribution in [0.3, 0.4) is 0 Å². The zero-order chi connectivity index (χ0) is 14.0. The van der Waals surface area contributed by atoms with E-state index in [1.807, 2.05) is 0 Å². The molecule has 0 unspecified atom stereocenters. The first-order valence-corrected chi connectivity index (χ1v) is 8.12. The predicted molar refractivity (Wildman–Crippen MR) is 75.0 cm³/mol. The second-order valence-corrected chi connectivity index (χ2v) is 7.59. The van der Waals surface area contributed by atoms with E-state index >= 15 is 0 Å². The molecule has 0 atom stereocenters. The van der Waals surface area contributed by atoms with Gasteiger partial charge in [0, 0.05) is 18.7 Å². The van der Waals surface area contributed by atoms with Crippen molar-refractivity contribution in [2.24, 2.45) is 0 Å². The number of rotatable bonds is 3. The molecule has 0 radical (unpaired) electrons. The Morgan fingerprint density at radius 1 is 1.11 bits per heavy atom. The lowest BCUT2D eigenvalue weighted by Gasteiger charge is -2.26. The van der Waals surface area contributed by atoms with Gasteiger partial charge in [0.05, 0.1) is 10.1 Å². The van der Waals surface area contributed by atoms with Crippen LogP contribution < -0.4 is 4.90 Å². The lowest BCUT2D eigenvalue weighted by molar-refractivity contribution is -0.119. The fraction of sp³-hybridized carbons (Fsp3) is 0.500. The van der Waals surface area contributed by atoms with Crippen LogP contribution in [0.4, 0.5) is 5.69 Å². The largest absolute Gasteiger partial charge is 0.312 e. The Balaban J connectivity index is 2.26. The first-order valence-electron chi connectivity index (χ1n) is 6.57. The first kappa shape index (κ1) is 14.1. The average molecular weight is 281 g/mol. The molecular weight excluding hydrogens is 262 g/mol. The van der Waals surface area contributed by atoms with Crippen molar-refractivity contribution in [3.63, 3.8) is 0 Å². The van der Waals surface area contributed by atoms with Crippen molar-refractivity contribution in [2.75, 3.05) is 11.4 Å². The number of benzene rings is 1. The van der Waals surface area contributed by atoms with E-state index in [-0.39, 0.29) is 5.91 Å². The van der Waals surface area contributed by atoms with E-state index in [1.165, 1.54) is 0 Å². The molecule has 104 valence electrons. The van der Waals surface area contributed by atoms with Gasteiger partial charge in [0.15, 0.2) is 9.84 Å². The summed E-state index contributed by atoms with van der Waals surface area (Å²) in [4.78, 5) is 13.8. The highest BCUT2D eigenvalue weighted by molar-refractivity contribution is 7.92. The van der Waals surface area contributed by atoms with Gasteiger partial charge in [0.2, 0.25) is 5.91 Å². The van der Waals surface area contributed by atoms with Crippen LogP contribution in [-0.4, -0.2) is 26.1 Å². The minimum absolute atomic E-state index is 0.116. The van der Waals surface area contributed by atoms with Crippen LogP contribution in [0.5, 0.6) is 0 Å². The van der Waals surface area contributed by atoms with E-state index in [0.29, 0.717) is 11.3 Å². The van der Waals surface area contributed by atoms with Gasteiger partial charge < -0.3 is 4.90 Å². The monoisotopic (exact) mass is 281 g/mol. The maximum absolute atomic E-state index is 12.0. The lowest BCUT2D eigenvalue weighted by Crippen LogP contribution is -2.35. The molecule has 19 heavy (non-hydrogen) atoms. The van der Waals surface area contributed by atoms with Crippen LogP contribution in [0.1, 0.15) is 33.1 Å². The molecule has 0 N–H and O–H groups in total. The summed E-state index contributed by atoms with van der Waals surface area (Å²) in [7, 11) is -3.24. The molecule has 0 saturated carbocycles. The van der Waals surface area contributed by atoms with E-state index in [0.717, 1.165) is 25.1 Å². The minimum Gasteiger partial charge on any atom is -0.312 e. The SMILES string of the molecule is CC(C)S(=O)(=O)c1ccc(N2CCCCC2=O)cc1. The standard InChI is InChI=1S/C14H19NO3S/c1-11(2)19(17,18)13-8-6-12(7-9-13)15-10-4-3-5-14(15)16/h6-9,11H,3-5,10H2,1-2H3. The van der Waals surface area contributed by atoms with Crippen molar-refractivity contribution in [1.82, 2.24) is 0 Å². The molecule has 1 aromatic rings. The van der Waals surface area contributed by atoms with Crippen LogP contribution in [0.15, 0.2) is 29.2 Å². The number of hydrogen-bond acceptors (Lipinski definition) is 3. The van der Waals surface area contributed by atoms with Crippen LogP contribution in [0, 0.1) is 0 Å². The number of carbonyl (C=O) groups excluding carboxylic acids is 1. The fourth-order valence-electron chi connectivity index (χ4n) is 2.17. The highest BCUT2D eigenvalue weighted by Crippen LogP contribution is 2.24. The molecule has 4 nitrogen and oxygen atoms in total. The van der Waals surface area contributed by atoms with E-state index in [1.54, 1.807) is 43.0 Å². The summed E-state index contributed by atoms with van der Waals surface area (Å²) in [6.07, 6.45) is 2.51. The summed E-state index contributed by atoms with van der Waals surface area (Å²) in [5, 5.41) is -0.435. The van der Waals surface area contributed by atoms with Crippen molar-refractivity contribution >= 4 is 21.4 Å². The van der Waals surface area contributed by atoms with Gasteiger partial charge in [-0.2, -0.15) is 0 Å². The van der Waals surface area contributed by atoms with E-state index in [2.05, 4.69) is 0 Å². The molecule has 0 bridgehead atoms. The summed E-state index contributed by atoms with van der Waals surface area (Å²) in [5.74, 6) is 0.116. The highest BCUT2D eigenvalue weighted by atomic mass is 32.2. The molecule has 5 heteroatoms. The molecule has 0 spiro atoms. The molecule has 2 rings (SSSR count). The maximum atomic E-state index is 12.0.